The predicted molar refractivity (Wildman–Crippen MR) is 67.6 cm³/mol. The Balaban J connectivity index is 2.17. The normalized spacial score (nSPS) is 12.1. The van der Waals surface area contributed by atoms with E-state index in [4.69, 9.17) is 0 Å². The first-order valence-electron chi connectivity index (χ1n) is 5.55. The summed E-state index contributed by atoms with van der Waals surface area (Å²) in [6.45, 7) is 2.21. The molecule has 0 aliphatic heterocycles. The minimum absolute atomic E-state index is 0.398. The fourth-order valence-corrected chi connectivity index (χ4v) is 1.47. The van der Waals surface area contributed by atoms with Crippen molar-refractivity contribution in [1.82, 2.24) is 9.97 Å². The van der Waals surface area contributed by atoms with Gasteiger partial charge >= 0.3 is 0 Å². The number of nitrogens with one attached hydrogen (secondary N) is 1. The van der Waals surface area contributed by atoms with Gasteiger partial charge in [-0.25, -0.2) is 9.97 Å². The molecular weight excluding hydrogens is 214 g/mol. The lowest BCUT2D eigenvalue weighted by Crippen LogP contribution is -2.16. The average molecular weight is 229 g/mol. The molecule has 1 aromatic heterocycles. The molecule has 0 aliphatic rings. The molecule has 2 rings (SSSR count). The lowest BCUT2D eigenvalue weighted by atomic mass is 10.1. The van der Waals surface area contributed by atoms with E-state index < -0.39 is 6.10 Å². The Hall–Kier alpha value is -1.94. The molecule has 1 atom stereocenters. The number of nitrogens with zero attached hydrogens (tertiary/aromatic N) is 2. The molecule has 0 bridgehead atoms. The third-order valence-electron chi connectivity index (χ3n) is 2.32. The van der Waals surface area contributed by atoms with E-state index in [9.17, 15) is 5.11 Å². The smallest absolute Gasteiger partial charge is 0.130 e. The maximum atomic E-state index is 9.19. The van der Waals surface area contributed by atoms with Crippen molar-refractivity contribution in [3.63, 3.8) is 0 Å². The summed E-state index contributed by atoms with van der Waals surface area (Å²) < 4.78 is 0. The van der Waals surface area contributed by atoms with Crippen molar-refractivity contribution < 1.29 is 5.11 Å². The van der Waals surface area contributed by atoms with Gasteiger partial charge in [-0.2, -0.15) is 0 Å². The number of hydrogen-bond donors (Lipinski definition) is 2. The minimum Gasteiger partial charge on any atom is -0.392 e. The molecule has 0 radical (unpaired) electrons. The first-order valence-corrected chi connectivity index (χ1v) is 5.55. The summed E-state index contributed by atoms with van der Waals surface area (Å²) in [5, 5.41) is 12.2. The van der Waals surface area contributed by atoms with Crippen LogP contribution in [-0.2, 0) is 0 Å². The fraction of sp³-hybridized carbons (Fsp3) is 0.231. The van der Waals surface area contributed by atoms with Gasteiger partial charge < -0.3 is 10.4 Å². The van der Waals surface area contributed by atoms with Gasteiger partial charge in [0.1, 0.15) is 12.1 Å². The summed E-state index contributed by atoms with van der Waals surface area (Å²) in [5.41, 5.74) is 1.92. The van der Waals surface area contributed by atoms with Crippen LogP contribution < -0.4 is 5.32 Å². The zero-order valence-corrected chi connectivity index (χ0v) is 9.67. The molecule has 0 unspecified atom stereocenters. The van der Waals surface area contributed by atoms with E-state index in [0.717, 1.165) is 17.1 Å². The molecule has 1 aromatic carbocycles. The van der Waals surface area contributed by atoms with Gasteiger partial charge in [-0.05, 0) is 6.92 Å². The van der Waals surface area contributed by atoms with Crippen molar-refractivity contribution in [2.45, 2.75) is 13.0 Å². The van der Waals surface area contributed by atoms with E-state index in [-0.39, 0.29) is 0 Å². The maximum absolute atomic E-state index is 9.19. The van der Waals surface area contributed by atoms with E-state index in [1.165, 1.54) is 6.33 Å². The number of aromatic nitrogens is 2. The van der Waals surface area contributed by atoms with Crippen LogP contribution in [0.4, 0.5) is 5.82 Å². The van der Waals surface area contributed by atoms with Gasteiger partial charge in [-0.1, -0.05) is 30.3 Å². The van der Waals surface area contributed by atoms with Crippen LogP contribution in [0.2, 0.25) is 0 Å². The summed E-state index contributed by atoms with van der Waals surface area (Å²) in [6.07, 6.45) is 1.12. The molecule has 0 aliphatic carbocycles. The van der Waals surface area contributed by atoms with E-state index in [2.05, 4.69) is 15.3 Å². The standard InChI is InChI=1S/C13H15N3O/c1-10(17)8-14-13-7-12(15-9-16-13)11-5-3-2-4-6-11/h2-7,9-10,17H,8H2,1H3,(H,14,15,16)/t10-/m0/s1. The van der Waals surface area contributed by atoms with Gasteiger partial charge in [0.25, 0.3) is 0 Å². The Morgan fingerprint density at radius 2 is 2.00 bits per heavy atom. The number of aliphatic hydroxyl groups excluding tert-OH is 1. The molecule has 17 heavy (non-hydrogen) atoms. The second-order valence-corrected chi connectivity index (χ2v) is 3.88. The van der Waals surface area contributed by atoms with Crippen LogP contribution in [0.3, 0.4) is 0 Å². The van der Waals surface area contributed by atoms with E-state index >= 15 is 0 Å². The molecule has 0 saturated heterocycles. The summed E-state index contributed by atoms with van der Waals surface area (Å²) in [4.78, 5) is 8.33. The van der Waals surface area contributed by atoms with Gasteiger partial charge in [-0.3, -0.25) is 0 Å². The molecule has 2 aromatic rings. The van der Waals surface area contributed by atoms with Crippen LogP contribution in [0.25, 0.3) is 11.3 Å². The Bertz CT molecular complexity index is 471. The topological polar surface area (TPSA) is 58.0 Å². The Morgan fingerprint density at radius 3 is 2.71 bits per heavy atom. The van der Waals surface area contributed by atoms with E-state index in [1.807, 2.05) is 36.4 Å². The van der Waals surface area contributed by atoms with Crippen molar-refractivity contribution in [3.8, 4) is 11.3 Å². The number of rotatable bonds is 4. The highest BCUT2D eigenvalue weighted by Crippen LogP contribution is 2.17. The van der Waals surface area contributed by atoms with Crippen LogP contribution in [-0.4, -0.2) is 27.7 Å². The molecule has 2 N–H and O–H groups in total. The van der Waals surface area contributed by atoms with Gasteiger partial charge in [0.2, 0.25) is 0 Å². The lowest BCUT2D eigenvalue weighted by Gasteiger charge is -2.08. The number of aliphatic hydroxyl groups is 1. The van der Waals surface area contributed by atoms with Crippen molar-refractivity contribution in [1.29, 1.82) is 0 Å². The van der Waals surface area contributed by atoms with Crippen LogP contribution in [0.15, 0.2) is 42.7 Å². The fourth-order valence-electron chi connectivity index (χ4n) is 1.47. The molecule has 0 fully saturated rings. The molecule has 0 amide bonds. The summed E-state index contributed by atoms with van der Waals surface area (Å²) in [5.74, 6) is 0.722. The Kier molecular flexibility index (Phi) is 3.67. The highest BCUT2D eigenvalue weighted by atomic mass is 16.3. The highest BCUT2D eigenvalue weighted by Gasteiger charge is 2.02. The average Bonchev–Trinajstić information content (AvgIpc) is 2.38. The van der Waals surface area contributed by atoms with Crippen LogP contribution in [0.5, 0.6) is 0 Å². The van der Waals surface area contributed by atoms with Crippen LogP contribution in [0.1, 0.15) is 6.92 Å². The largest absolute Gasteiger partial charge is 0.392 e. The minimum atomic E-state index is -0.398. The Morgan fingerprint density at radius 1 is 1.24 bits per heavy atom. The van der Waals surface area contributed by atoms with Crippen molar-refractivity contribution in [2.75, 3.05) is 11.9 Å². The number of anilines is 1. The van der Waals surface area contributed by atoms with Crippen molar-refractivity contribution >= 4 is 5.82 Å². The highest BCUT2D eigenvalue weighted by molar-refractivity contribution is 5.61. The van der Waals surface area contributed by atoms with Gasteiger partial charge in [0.05, 0.1) is 11.8 Å². The zero-order chi connectivity index (χ0) is 12.1. The van der Waals surface area contributed by atoms with Gasteiger partial charge in [0, 0.05) is 18.2 Å². The summed E-state index contributed by atoms with van der Waals surface area (Å²) in [6, 6.07) is 11.8. The zero-order valence-electron chi connectivity index (χ0n) is 9.67. The lowest BCUT2D eigenvalue weighted by molar-refractivity contribution is 0.208. The summed E-state index contributed by atoms with van der Waals surface area (Å²) >= 11 is 0. The second-order valence-electron chi connectivity index (χ2n) is 3.88. The monoisotopic (exact) mass is 229 g/mol. The predicted octanol–water partition coefficient (Wildman–Crippen LogP) is 1.94. The van der Waals surface area contributed by atoms with Crippen molar-refractivity contribution in [3.05, 3.63) is 42.7 Å². The SMILES string of the molecule is C[C@H](O)CNc1cc(-c2ccccc2)ncn1. The third kappa shape index (κ3) is 3.26. The van der Waals surface area contributed by atoms with Crippen molar-refractivity contribution in [2.24, 2.45) is 0 Å². The third-order valence-corrected chi connectivity index (χ3v) is 2.32. The summed E-state index contributed by atoms with van der Waals surface area (Å²) in [7, 11) is 0. The molecule has 0 saturated carbocycles. The maximum Gasteiger partial charge on any atom is 0.130 e. The second kappa shape index (κ2) is 5.41. The van der Waals surface area contributed by atoms with Crippen LogP contribution in [0, 0.1) is 0 Å². The van der Waals surface area contributed by atoms with E-state index in [1.54, 1.807) is 6.92 Å². The molecule has 4 nitrogen and oxygen atoms in total. The first kappa shape index (κ1) is 11.5. The van der Waals surface area contributed by atoms with Gasteiger partial charge in [0.15, 0.2) is 0 Å². The number of benzene rings is 1. The molecular formula is C13H15N3O. The van der Waals surface area contributed by atoms with Gasteiger partial charge in [-0.15, -0.1) is 0 Å². The first-order chi connectivity index (χ1) is 8.25. The molecule has 0 spiro atoms. The Labute approximate surface area is 100 Å². The molecule has 1 heterocycles. The number of hydrogen-bond acceptors (Lipinski definition) is 4. The van der Waals surface area contributed by atoms with E-state index in [0.29, 0.717) is 6.54 Å². The van der Waals surface area contributed by atoms with Crippen LogP contribution >= 0.6 is 0 Å². The molecule has 88 valence electrons. The quantitative estimate of drug-likeness (QED) is 0.841. The molecule has 4 heteroatoms.